The molecule has 1 saturated carbocycles. The maximum Gasteiger partial charge on any atom is 0.251 e. The molecule has 0 aromatic heterocycles. The van der Waals surface area contributed by atoms with Crippen LogP contribution in [0.15, 0.2) is 22.7 Å². The molecular weight excluding hydrogens is 314 g/mol. The summed E-state index contributed by atoms with van der Waals surface area (Å²) in [5, 5.41) is 3.21. The Balaban J connectivity index is 1.91. The van der Waals surface area contributed by atoms with Gasteiger partial charge in [0.15, 0.2) is 0 Å². The van der Waals surface area contributed by atoms with Crippen molar-refractivity contribution in [2.24, 2.45) is 5.92 Å². The van der Waals surface area contributed by atoms with Crippen molar-refractivity contribution in [1.82, 2.24) is 5.32 Å². The SMILES string of the molecule is CCCC1CCC(NC(=O)c2cccc(Br)c2C)CC1. The smallest absolute Gasteiger partial charge is 0.251 e. The first kappa shape index (κ1) is 15.6. The Kier molecular flexibility index (Phi) is 5.64. The summed E-state index contributed by atoms with van der Waals surface area (Å²) >= 11 is 3.48. The summed E-state index contributed by atoms with van der Waals surface area (Å²) in [7, 11) is 0. The van der Waals surface area contributed by atoms with Gasteiger partial charge in [-0.2, -0.15) is 0 Å². The van der Waals surface area contributed by atoms with Crippen LogP contribution in [0.4, 0.5) is 0 Å². The predicted octanol–water partition coefficient (Wildman–Crippen LogP) is 4.85. The highest BCUT2D eigenvalue weighted by Crippen LogP contribution is 2.28. The van der Waals surface area contributed by atoms with Crippen LogP contribution in [0.5, 0.6) is 0 Å². The van der Waals surface area contributed by atoms with E-state index in [9.17, 15) is 4.79 Å². The highest BCUT2D eigenvalue weighted by atomic mass is 79.9. The number of benzene rings is 1. The molecule has 0 bridgehead atoms. The topological polar surface area (TPSA) is 29.1 Å². The van der Waals surface area contributed by atoms with E-state index in [0.29, 0.717) is 6.04 Å². The molecule has 2 rings (SSSR count). The van der Waals surface area contributed by atoms with E-state index in [2.05, 4.69) is 28.2 Å². The summed E-state index contributed by atoms with van der Waals surface area (Å²) in [5.41, 5.74) is 1.81. The van der Waals surface area contributed by atoms with Crippen LogP contribution in [0.2, 0.25) is 0 Å². The standard InChI is InChI=1S/C17H24BrNO/c1-3-5-13-8-10-14(11-9-13)19-17(20)15-6-4-7-16(18)12(15)2/h4,6-7,13-14H,3,5,8-11H2,1-2H3,(H,19,20). The first-order valence-electron chi connectivity index (χ1n) is 7.67. The van der Waals surface area contributed by atoms with Crippen molar-refractivity contribution < 1.29 is 4.79 Å². The van der Waals surface area contributed by atoms with Crippen molar-refractivity contribution in [1.29, 1.82) is 0 Å². The van der Waals surface area contributed by atoms with Crippen molar-refractivity contribution in [2.45, 2.75) is 58.4 Å². The van der Waals surface area contributed by atoms with Crippen molar-refractivity contribution in [2.75, 3.05) is 0 Å². The molecular formula is C17H24BrNO. The van der Waals surface area contributed by atoms with Crippen LogP contribution in [-0.4, -0.2) is 11.9 Å². The fourth-order valence-electron chi connectivity index (χ4n) is 3.12. The first-order chi connectivity index (χ1) is 9.61. The third-order valence-electron chi connectivity index (χ3n) is 4.39. The first-order valence-corrected chi connectivity index (χ1v) is 8.47. The second-order valence-corrected chi connectivity index (χ2v) is 6.75. The van der Waals surface area contributed by atoms with E-state index in [1.807, 2.05) is 25.1 Å². The van der Waals surface area contributed by atoms with Gasteiger partial charge in [0.2, 0.25) is 0 Å². The van der Waals surface area contributed by atoms with Crippen molar-refractivity contribution in [3.05, 3.63) is 33.8 Å². The molecule has 0 saturated heterocycles. The summed E-state index contributed by atoms with van der Waals surface area (Å²) < 4.78 is 0.997. The molecule has 1 aliphatic rings. The van der Waals surface area contributed by atoms with E-state index in [4.69, 9.17) is 0 Å². The van der Waals surface area contributed by atoms with E-state index in [-0.39, 0.29) is 5.91 Å². The zero-order valence-electron chi connectivity index (χ0n) is 12.4. The second-order valence-electron chi connectivity index (χ2n) is 5.89. The highest BCUT2D eigenvalue weighted by molar-refractivity contribution is 9.10. The van der Waals surface area contributed by atoms with E-state index in [1.165, 1.54) is 25.7 Å². The third kappa shape index (κ3) is 3.85. The number of carbonyl (C=O) groups excluding carboxylic acids is 1. The van der Waals surface area contributed by atoms with Crippen LogP contribution in [0.25, 0.3) is 0 Å². The zero-order chi connectivity index (χ0) is 14.5. The molecule has 0 radical (unpaired) electrons. The second kappa shape index (κ2) is 7.26. The number of nitrogens with one attached hydrogen (secondary N) is 1. The normalized spacial score (nSPS) is 22.6. The lowest BCUT2D eigenvalue weighted by Crippen LogP contribution is -2.37. The molecule has 1 N–H and O–H groups in total. The van der Waals surface area contributed by atoms with E-state index >= 15 is 0 Å². The molecule has 110 valence electrons. The van der Waals surface area contributed by atoms with E-state index in [1.54, 1.807) is 0 Å². The summed E-state index contributed by atoms with van der Waals surface area (Å²) in [6, 6.07) is 6.15. The maximum absolute atomic E-state index is 12.4. The van der Waals surface area contributed by atoms with Crippen LogP contribution in [0.3, 0.4) is 0 Å². The molecule has 1 aromatic rings. The van der Waals surface area contributed by atoms with Gasteiger partial charge < -0.3 is 5.32 Å². The lowest BCUT2D eigenvalue weighted by atomic mass is 9.83. The maximum atomic E-state index is 12.4. The Morgan fingerprint density at radius 3 is 2.65 bits per heavy atom. The summed E-state index contributed by atoms with van der Waals surface area (Å²) in [5.74, 6) is 0.948. The molecule has 1 aliphatic carbocycles. The average Bonchev–Trinajstić information content (AvgIpc) is 2.44. The van der Waals surface area contributed by atoms with Gasteiger partial charge in [-0.15, -0.1) is 0 Å². The van der Waals surface area contributed by atoms with Crippen molar-refractivity contribution >= 4 is 21.8 Å². The van der Waals surface area contributed by atoms with Gasteiger partial charge in [0, 0.05) is 16.1 Å². The molecule has 3 heteroatoms. The molecule has 0 spiro atoms. The minimum absolute atomic E-state index is 0.0720. The van der Waals surface area contributed by atoms with Gasteiger partial charge in [-0.1, -0.05) is 41.8 Å². The van der Waals surface area contributed by atoms with E-state index < -0.39 is 0 Å². The van der Waals surface area contributed by atoms with Crippen LogP contribution in [0.1, 0.15) is 61.4 Å². The Labute approximate surface area is 130 Å². The largest absolute Gasteiger partial charge is 0.349 e. The number of rotatable bonds is 4. The zero-order valence-corrected chi connectivity index (χ0v) is 14.0. The molecule has 20 heavy (non-hydrogen) atoms. The van der Waals surface area contributed by atoms with Gasteiger partial charge in [0.05, 0.1) is 0 Å². The number of hydrogen-bond acceptors (Lipinski definition) is 1. The number of hydrogen-bond donors (Lipinski definition) is 1. The molecule has 1 aromatic carbocycles. The van der Waals surface area contributed by atoms with Crippen molar-refractivity contribution in [3.8, 4) is 0 Å². The Hall–Kier alpha value is -0.830. The summed E-state index contributed by atoms with van der Waals surface area (Å²) in [6.07, 6.45) is 7.39. The van der Waals surface area contributed by atoms with Gasteiger partial charge in [-0.25, -0.2) is 0 Å². The van der Waals surface area contributed by atoms with Gasteiger partial charge in [0.25, 0.3) is 5.91 Å². The van der Waals surface area contributed by atoms with Gasteiger partial charge in [-0.3, -0.25) is 4.79 Å². The molecule has 0 aliphatic heterocycles. The van der Waals surface area contributed by atoms with Crippen LogP contribution < -0.4 is 5.32 Å². The monoisotopic (exact) mass is 337 g/mol. The third-order valence-corrected chi connectivity index (χ3v) is 5.25. The highest BCUT2D eigenvalue weighted by Gasteiger charge is 2.22. The number of halogens is 1. The lowest BCUT2D eigenvalue weighted by molar-refractivity contribution is 0.0920. The molecule has 0 atom stereocenters. The molecule has 0 heterocycles. The predicted molar refractivity (Wildman–Crippen MR) is 87.0 cm³/mol. The molecule has 1 amide bonds. The number of carbonyl (C=O) groups is 1. The molecule has 0 unspecified atom stereocenters. The van der Waals surface area contributed by atoms with Crippen LogP contribution in [0, 0.1) is 12.8 Å². The minimum atomic E-state index is 0.0720. The fourth-order valence-corrected chi connectivity index (χ4v) is 3.49. The number of amides is 1. The molecule has 2 nitrogen and oxygen atoms in total. The van der Waals surface area contributed by atoms with E-state index in [0.717, 1.165) is 34.4 Å². The van der Waals surface area contributed by atoms with Crippen LogP contribution >= 0.6 is 15.9 Å². The quantitative estimate of drug-likeness (QED) is 0.836. The van der Waals surface area contributed by atoms with Gasteiger partial charge in [-0.05, 0) is 56.2 Å². The summed E-state index contributed by atoms with van der Waals surface area (Å²) in [4.78, 5) is 12.4. The Bertz CT molecular complexity index is 464. The molecule has 1 fully saturated rings. The van der Waals surface area contributed by atoms with Crippen molar-refractivity contribution in [3.63, 3.8) is 0 Å². The van der Waals surface area contributed by atoms with Crippen LogP contribution in [-0.2, 0) is 0 Å². The van der Waals surface area contributed by atoms with Gasteiger partial charge >= 0.3 is 0 Å². The Morgan fingerprint density at radius 2 is 2.00 bits per heavy atom. The van der Waals surface area contributed by atoms with Gasteiger partial charge in [0.1, 0.15) is 0 Å². The minimum Gasteiger partial charge on any atom is -0.349 e. The summed E-state index contributed by atoms with van der Waals surface area (Å²) in [6.45, 7) is 4.24. The lowest BCUT2D eigenvalue weighted by Gasteiger charge is -2.29. The fraction of sp³-hybridized carbons (Fsp3) is 0.588. The average molecular weight is 338 g/mol. The Morgan fingerprint density at radius 1 is 1.30 bits per heavy atom.